The number of thioether (sulfide) groups is 1. The van der Waals surface area contributed by atoms with Gasteiger partial charge in [0, 0.05) is 12.4 Å². The molecule has 0 aromatic rings. The van der Waals surface area contributed by atoms with Gasteiger partial charge < -0.3 is 20.5 Å². The second kappa shape index (κ2) is 4.64. The summed E-state index contributed by atoms with van der Waals surface area (Å²) in [7, 11) is 0. The van der Waals surface area contributed by atoms with Gasteiger partial charge in [-0.2, -0.15) is 0 Å². The van der Waals surface area contributed by atoms with Crippen LogP contribution in [0.1, 0.15) is 19.3 Å². The van der Waals surface area contributed by atoms with Gasteiger partial charge in [0.25, 0.3) is 0 Å². The molecular formula is C12H18N2O4S. The van der Waals surface area contributed by atoms with Crippen LogP contribution in [-0.2, 0) is 14.3 Å². The number of carbonyl (C=O) groups excluding carboxylic acids is 1. The molecule has 0 radical (unpaired) electrons. The van der Waals surface area contributed by atoms with E-state index in [-0.39, 0.29) is 17.9 Å². The Bertz CT molecular complexity index is 407. The van der Waals surface area contributed by atoms with Crippen LogP contribution in [0.4, 0.5) is 0 Å². The molecule has 1 saturated carbocycles. The van der Waals surface area contributed by atoms with E-state index in [1.807, 2.05) is 0 Å². The third-order valence-electron chi connectivity index (χ3n) is 4.06. The lowest BCUT2D eigenvalue weighted by atomic mass is 9.97. The molecular weight excluding hydrogens is 268 g/mol. The molecule has 3 unspecified atom stereocenters. The van der Waals surface area contributed by atoms with E-state index < -0.39 is 17.6 Å². The molecule has 6 nitrogen and oxygen atoms in total. The summed E-state index contributed by atoms with van der Waals surface area (Å²) >= 11 is 1.57. The van der Waals surface area contributed by atoms with Crippen molar-refractivity contribution >= 4 is 23.6 Å². The molecule has 7 heteroatoms. The number of amides is 1. The first kappa shape index (κ1) is 13.2. The van der Waals surface area contributed by atoms with Gasteiger partial charge in [-0.3, -0.25) is 4.79 Å². The molecule has 3 atom stereocenters. The summed E-state index contributed by atoms with van der Waals surface area (Å²) in [5, 5.41) is 9.28. The van der Waals surface area contributed by atoms with Gasteiger partial charge in [-0.05, 0) is 25.2 Å². The van der Waals surface area contributed by atoms with E-state index >= 15 is 0 Å². The van der Waals surface area contributed by atoms with Crippen LogP contribution in [0.2, 0.25) is 0 Å². The maximum atomic E-state index is 12.7. The molecule has 19 heavy (non-hydrogen) atoms. The molecule has 0 spiro atoms. The Morgan fingerprint density at radius 1 is 1.42 bits per heavy atom. The van der Waals surface area contributed by atoms with Gasteiger partial charge in [0.15, 0.2) is 0 Å². The number of carboxylic acid groups (broad SMARTS) is 1. The van der Waals surface area contributed by atoms with E-state index in [4.69, 9.17) is 10.5 Å². The van der Waals surface area contributed by atoms with E-state index in [2.05, 4.69) is 0 Å². The fourth-order valence-corrected chi connectivity index (χ4v) is 4.36. The second-order valence-electron chi connectivity index (χ2n) is 5.59. The van der Waals surface area contributed by atoms with Crippen molar-refractivity contribution in [3.8, 4) is 0 Å². The van der Waals surface area contributed by atoms with Gasteiger partial charge in [-0.1, -0.05) is 0 Å². The van der Waals surface area contributed by atoms with Crippen LogP contribution in [-0.4, -0.2) is 57.8 Å². The minimum absolute atomic E-state index is 0.0189. The van der Waals surface area contributed by atoms with Crippen molar-refractivity contribution < 1.29 is 19.4 Å². The van der Waals surface area contributed by atoms with Crippen LogP contribution in [0, 0.1) is 5.92 Å². The summed E-state index contributed by atoms with van der Waals surface area (Å²) in [4.78, 5) is 25.5. The number of nitrogens with two attached hydrogens (primary N) is 1. The standard InChI is InChI=1S/C12H18N2O4S/c13-12(3-4-18-6-12)11(17)14-8(10(15)16)5-19-9(14)7-1-2-7/h7-9H,1-6,13H2,(H,15,16). The van der Waals surface area contributed by atoms with Crippen molar-refractivity contribution in [2.45, 2.75) is 36.2 Å². The molecule has 2 aliphatic heterocycles. The number of ether oxygens (including phenoxy) is 1. The number of hydrogen-bond donors (Lipinski definition) is 2. The molecule has 2 heterocycles. The third-order valence-corrected chi connectivity index (χ3v) is 5.52. The maximum absolute atomic E-state index is 12.7. The predicted molar refractivity (Wildman–Crippen MR) is 69.6 cm³/mol. The Kier molecular flexibility index (Phi) is 3.23. The summed E-state index contributed by atoms with van der Waals surface area (Å²) < 4.78 is 5.22. The van der Waals surface area contributed by atoms with Crippen molar-refractivity contribution in [2.24, 2.45) is 11.7 Å². The molecule has 3 fully saturated rings. The van der Waals surface area contributed by atoms with E-state index in [0.29, 0.717) is 24.7 Å². The highest BCUT2D eigenvalue weighted by Crippen LogP contribution is 2.46. The summed E-state index contributed by atoms with van der Waals surface area (Å²) in [6.45, 7) is 0.659. The zero-order chi connectivity index (χ0) is 13.6. The van der Waals surface area contributed by atoms with E-state index in [9.17, 15) is 14.7 Å². The highest BCUT2D eigenvalue weighted by Gasteiger charge is 2.53. The highest BCUT2D eigenvalue weighted by molar-refractivity contribution is 8.00. The van der Waals surface area contributed by atoms with Gasteiger partial charge >= 0.3 is 5.97 Å². The topological polar surface area (TPSA) is 92.9 Å². The number of aliphatic carboxylic acids is 1. The molecule has 2 saturated heterocycles. The lowest BCUT2D eigenvalue weighted by Crippen LogP contribution is -2.60. The Balaban J connectivity index is 1.84. The average molecular weight is 286 g/mol. The first-order valence-electron chi connectivity index (χ1n) is 6.57. The van der Waals surface area contributed by atoms with Gasteiger partial charge in [0.05, 0.1) is 12.0 Å². The fraction of sp³-hybridized carbons (Fsp3) is 0.833. The second-order valence-corrected chi connectivity index (χ2v) is 6.74. The van der Waals surface area contributed by atoms with Crippen LogP contribution in [0.15, 0.2) is 0 Å². The van der Waals surface area contributed by atoms with Gasteiger partial charge in [-0.25, -0.2) is 4.79 Å². The molecule has 106 valence electrons. The number of carboxylic acids is 1. The number of hydrogen-bond acceptors (Lipinski definition) is 5. The minimum atomic E-state index is -1.04. The van der Waals surface area contributed by atoms with Crippen LogP contribution in [0.5, 0.6) is 0 Å². The summed E-state index contributed by atoms with van der Waals surface area (Å²) in [5.74, 6) is -0.297. The first-order chi connectivity index (χ1) is 9.03. The minimum Gasteiger partial charge on any atom is -0.480 e. The van der Waals surface area contributed by atoms with E-state index in [1.54, 1.807) is 11.8 Å². The monoisotopic (exact) mass is 286 g/mol. The summed E-state index contributed by atoms with van der Waals surface area (Å²) in [6.07, 6.45) is 2.61. The third kappa shape index (κ3) is 2.23. The predicted octanol–water partition coefficient (Wildman–Crippen LogP) is -0.131. The van der Waals surface area contributed by atoms with E-state index in [1.165, 1.54) is 4.90 Å². The van der Waals surface area contributed by atoms with Gasteiger partial charge in [0.1, 0.15) is 11.6 Å². The lowest BCUT2D eigenvalue weighted by Gasteiger charge is -2.33. The summed E-state index contributed by atoms with van der Waals surface area (Å²) in [6, 6.07) is -0.746. The van der Waals surface area contributed by atoms with Crippen LogP contribution in [0.25, 0.3) is 0 Å². The van der Waals surface area contributed by atoms with Crippen molar-refractivity contribution in [3.63, 3.8) is 0 Å². The van der Waals surface area contributed by atoms with Crippen molar-refractivity contribution in [3.05, 3.63) is 0 Å². The normalized spacial score (nSPS) is 38.7. The quantitative estimate of drug-likeness (QED) is 0.750. The maximum Gasteiger partial charge on any atom is 0.327 e. The molecule has 3 aliphatic rings. The zero-order valence-corrected chi connectivity index (χ0v) is 11.4. The number of nitrogens with zero attached hydrogens (tertiary/aromatic N) is 1. The Hall–Kier alpha value is -0.790. The Morgan fingerprint density at radius 3 is 2.68 bits per heavy atom. The molecule has 0 bridgehead atoms. The number of carbonyl (C=O) groups is 2. The SMILES string of the molecule is NC1(C(=O)N2C(C(=O)O)CSC2C2CC2)CCOC1. The van der Waals surface area contributed by atoms with Crippen LogP contribution in [0.3, 0.4) is 0 Å². The summed E-state index contributed by atoms with van der Waals surface area (Å²) in [5.41, 5.74) is 5.07. The Morgan fingerprint density at radius 2 is 2.16 bits per heavy atom. The largest absolute Gasteiger partial charge is 0.480 e. The highest BCUT2D eigenvalue weighted by atomic mass is 32.2. The van der Waals surface area contributed by atoms with Gasteiger partial charge in [-0.15, -0.1) is 11.8 Å². The number of rotatable bonds is 3. The lowest BCUT2D eigenvalue weighted by molar-refractivity contribution is -0.151. The molecule has 1 amide bonds. The molecule has 0 aromatic carbocycles. The smallest absolute Gasteiger partial charge is 0.327 e. The molecule has 3 rings (SSSR count). The molecule has 1 aliphatic carbocycles. The zero-order valence-electron chi connectivity index (χ0n) is 10.6. The Labute approximate surface area is 115 Å². The fourth-order valence-electron chi connectivity index (χ4n) is 2.73. The first-order valence-corrected chi connectivity index (χ1v) is 7.61. The van der Waals surface area contributed by atoms with Crippen molar-refractivity contribution in [1.29, 1.82) is 0 Å². The van der Waals surface area contributed by atoms with Crippen LogP contribution >= 0.6 is 11.8 Å². The molecule has 3 N–H and O–H groups in total. The van der Waals surface area contributed by atoms with E-state index in [0.717, 1.165) is 12.8 Å². The van der Waals surface area contributed by atoms with Gasteiger partial charge in [0.2, 0.25) is 5.91 Å². The van der Waals surface area contributed by atoms with Crippen LogP contribution < -0.4 is 5.73 Å². The van der Waals surface area contributed by atoms with Crippen molar-refractivity contribution in [1.82, 2.24) is 4.90 Å². The average Bonchev–Trinajstić information content (AvgIpc) is 2.96. The van der Waals surface area contributed by atoms with Crippen molar-refractivity contribution in [2.75, 3.05) is 19.0 Å². The molecule has 0 aromatic heterocycles.